The van der Waals surface area contributed by atoms with Gasteiger partial charge < -0.3 is 0 Å². The van der Waals surface area contributed by atoms with Gasteiger partial charge in [0.1, 0.15) is 12.2 Å². The van der Waals surface area contributed by atoms with E-state index >= 15 is 0 Å². The fourth-order valence-corrected chi connectivity index (χ4v) is 6.85. The molecule has 0 radical (unpaired) electrons. The lowest BCUT2D eigenvalue weighted by atomic mass is 10.0. The molecule has 0 saturated carbocycles. The van der Waals surface area contributed by atoms with Gasteiger partial charge in [-0.3, -0.25) is 12.5 Å². The van der Waals surface area contributed by atoms with Crippen molar-refractivity contribution in [3.05, 3.63) is 0 Å². The summed E-state index contributed by atoms with van der Waals surface area (Å²) in [4.78, 5) is 0. The maximum atomic E-state index is 13.9. The molecule has 61 heavy (non-hydrogen) atoms. The van der Waals surface area contributed by atoms with E-state index in [9.17, 15) is 144 Å². The molecular formula is C22H19F27O9S3. The van der Waals surface area contributed by atoms with Crippen molar-refractivity contribution in [3.8, 4) is 0 Å². The van der Waals surface area contributed by atoms with Gasteiger partial charge >= 0.3 is 71.8 Å². The summed E-state index contributed by atoms with van der Waals surface area (Å²) in [5.74, 6) is -74.6. The lowest BCUT2D eigenvalue weighted by Gasteiger charge is -2.34. The molecule has 0 fully saturated rings. The van der Waals surface area contributed by atoms with Gasteiger partial charge in [-0.1, -0.05) is 0 Å². The van der Waals surface area contributed by atoms with Crippen LogP contribution in [0.3, 0.4) is 0 Å². The largest absolute Gasteiger partial charge is 0.460 e. The zero-order chi connectivity index (χ0) is 49.7. The van der Waals surface area contributed by atoms with Crippen LogP contribution >= 0.6 is 0 Å². The van der Waals surface area contributed by atoms with Crippen LogP contribution in [-0.2, 0) is 42.9 Å². The minimum Gasteiger partial charge on any atom is -0.267 e. The maximum Gasteiger partial charge on any atom is 0.460 e. The minimum absolute atomic E-state index is 0.112. The van der Waals surface area contributed by atoms with Crippen molar-refractivity contribution in [2.45, 2.75) is 110 Å². The third-order valence-corrected chi connectivity index (χ3v) is 10.9. The minimum atomic E-state index is -7.68. The van der Waals surface area contributed by atoms with Gasteiger partial charge in [0.2, 0.25) is 0 Å². The van der Waals surface area contributed by atoms with Crippen molar-refractivity contribution in [2.75, 3.05) is 23.9 Å². The third-order valence-electron chi connectivity index (χ3n) is 7.13. The molecule has 0 bridgehead atoms. The van der Waals surface area contributed by atoms with E-state index in [2.05, 4.69) is 12.5 Å². The van der Waals surface area contributed by atoms with Crippen LogP contribution in [0.4, 0.5) is 119 Å². The van der Waals surface area contributed by atoms with Crippen LogP contribution in [0, 0.1) is 0 Å². The van der Waals surface area contributed by atoms with Crippen LogP contribution in [0.25, 0.3) is 0 Å². The SMILES string of the molecule is CC(OS(=O)(=O)CCC(F)(F)C(F)(F)C(F)(F)C(F)(F)F)C(COS(=O)(=O)CCC(F)(F)C(F)(F)C(F)(F)C(F)(F)F)OS(=O)(=O)CCC(F)(F)C(F)(F)C(F)(F)C(F)(F)F. The quantitative estimate of drug-likeness (QED) is 0.0733. The molecule has 0 aliphatic heterocycles. The lowest BCUT2D eigenvalue weighted by molar-refractivity contribution is -0.396. The fourth-order valence-electron chi connectivity index (χ4n) is 3.50. The fraction of sp³-hybridized carbons (Fsp3) is 1.00. The third kappa shape index (κ3) is 12.6. The van der Waals surface area contributed by atoms with Gasteiger partial charge in [0.15, 0.2) is 0 Å². The van der Waals surface area contributed by atoms with Crippen LogP contribution in [0.15, 0.2) is 0 Å². The van der Waals surface area contributed by atoms with E-state index in [0.29, 0.717) is 0 Å². The highest BCUT2D eigenvalue weighted by molar-refractivity contribution is 7.87. The molecule has 9 nitrogen and oxygen atoms in total. The summed E-state index contributed by atoms with van der Waals surface area (Å²) in [5, 5.41) is 0. The molecule has 0 aromatic heterocycles. The summed E-state index contributed by atoms with van der Waals surface area (Å²) < 4.78 is 437. The van der Waals surface area contributed by atoms with Crippen LogP contribution < -0.4 is 0 Å². The number of hydrogen-bond acceptors (Lipinski definition) is 9. The van der Waals surface area contributed by atoms with E-state index in [-0.39, 0.29) is 6.92 Å². The van der Waals surface area contributed by atoms with Gasteiger partial charge in [-0.2, -0.15) is 144 Å². The summed E-state index contributed by atoms with van der Waals surface area (Å²) in [6.45, 7) is -2.71. The number of hydrogen-bond donors (Lipinski definition) is 0. The van der Waals surface area contributed by atoms with Gasteiger partial charge in [-0.15, -0.1) is 0 Å². The predicted octanol–water partition coefficient (Wildman–Crippen LogP) is 8.36. The van der Waals surface area contributed by atoms with Crippen molar-refractivity contribution in [1.82, 2.24) is 0 Å². The second-order valence-electron chi connectivity index (χ2n) is 11.8. The highest BCUT2D eigenvalue weighted by atomic mass is 32.2. The topological polar surface area (TPSA) is 130 Å². The average Bonchev–Trinajstić information content (AvgIpc) is 3.01. The Morgan fingerprint density at radius 1 is 0.361 bits per heavy atom. The van der Waals surface area contributed by atoms with Crippen molar-refractivity contribution in [1.29, 1.82) is 0 Å². The van der Waals surface area contributed by atoms with Gasteiger partial charge in [-0.25, -0.2) is 0 Å². The summed E-state index contributed by atoms with van der Waals surface area (Å²) in [6.07, 6.45) is -39.3. The number of halogens is 27. The Labute approximate surface area is 321 Å². The molecule has 0 aromatic carbocycles. The summed E-state index contributed by atoms with van der Waals surface area (Å²) in [6, 6.07) is 0. The van der Waals surface area contributed by atoms with E-state index in [4.69, 9.17) is 0 Å². The molecule has 0 spiro atoms. The first-order valence-corrected chi connectivity index (χ1v) is 19.1. The van der Waals surface area contributed by atoms with Gasteiger partial charge in [0, 0.05) is 19.3 Å². The maximum absolute atomic E-state index is 13.9. The monoisotopic (exact) mass is 1040 g/mol. The molecule has 0 heterocycles. The molecule has 0 amide bonds. The molecule has 0 N–H and O–H groups in total. The smallest absolute Gasteiger partial charge is 0.267 e. The van der Waals surface area contributed by atoms with E-state index in [1.54, 1.807) is 0 Å². The Morgan fingerprint density at radius 2 is 0.590 bits per heavy atom. The molecular weight excluding hydrogens is 1020 g/mol. The Hall–Kier alpha value is -2.16. The van der Waals surface area contributed by atoms with Crippen LogP contribution in [-0.4, -0.2) is 133 Å². The zero-order valence-corrected chi connectivity index (χ0v) is 30.7. The standard InChI is InChI=1S/C22H19F27O9S3/c1-9(57-60(52,53)6-3-12(25,26)15(31,32)18(37,38)21(44,45)46)10(58-61(54,55)7-4-13(27,28)16(33,34)19(39,40)22(47,48)49)8-56-59(50,51)5-2-11(23,24)14(29,30)17(35,36)20(41,42)43/h9-10H,2-8H2,1H3. The Morgan fingerprint density at radius 3 is 0.836 bits per heavy atom. The van der Waals surface area contributed by atoms with E-state index < -0.39 is 158 Å². The van der Waals surface area contributed by atoms with Gasteiger partial charge in [0.05, 0.1) is 23.9 Å². The molecule has 0 saturated heterocycles. The molecule has 39 heteroatoms. The van der Waals surface area contributed by atoms with Crippen LogP contribution in [0.1, 0.15) is 26.2 Å². The molecule has 0 aliphatic rings. The van der Waals surface area contributed by atoms with E-state index in [1.807, 2.05) is 0 Å². The van der Waals surface area contributed by atoms with Crippen LogP contribution in [0.2, 0.25) is 0 Å². The number of rotatable bonds is 23. The second-order valence-corrected chi connectivity index (χ2v) is 17.0. The Balaban J connectivity index is 6.74. The molecule has 2 atom stereocenters. The summed E-state index contributed by atoms with van der Waals surface area (Å²) in [7, 11) is -19.2. The van der Waals surface area contributed by atoms with Crippen LogP contribution in [0.5, 0.6) is 0 Å². The first-order valence-electron chi connectivity index (χ1n) is 14.4. The first-order chi connectivity index (χ1) is 26.1. The highest BCUT2D eigenvalue weighted by Gasteiger charge is 2.83. The normalized spacial score (nSPS) is 17.1. The van der Waals surface area contributed by atoms with Crippen molar-refractivity contribution in [3.63, 3.8) is 0 Å². The Kier molecular flexibility index (Phi) is 16.7. The summed E-state index contributed by atoms with van der Waals surface area (Å²) >= 11 is 0. The van der Waals surface area contributed by atoms with Crippen molar-refractivity contribution >= 4 is 30.4 Å². The van der Waals surface area contributed by atoms with Crippen molar-refractivity contribution in [2.24, 2.45) is 0 Å². The van der Waals surface area contributed by atoms with E-state index in [1.165, 1.54) is 0 Å². The molecule has 0 rings (SSSR count). The summed E-state index contributed by atoms with van der Waals surface area (Å²) in [5.41, 5.74) is 0. The Bertz CT molecular complexity index is 1840. The first kappa shape index (κ1) is 58.8. The van der Waals surface area contributed by atoms with Gasteiger partial charge in [0.25, 0.3) is 30.4 Å². The molecule has 368 valence electrons. The molecule has 0 aromatic rings. The zero-order valence-electron chi connectivity index (χ0n) is 28.2. The number of alkyl halides is 27. The predicted molar refractivity (Wildman–Crippen MR) is 139 cm³/mol. The van der Waals surface area contributed by atoms with Crippen molar-refractivity contribution < 1.29 is 156 Å². The van der Waals surface area contributed by atoms with Gasteiger partial charge in [-0.05, 0) is 6.92 Å². The lowest BCUT2D eigenvalue weighted by Crippen LogP contribution is -2.61. The average molecular weight is 1040 g/mol. The molecule has 2 unspecified atom stereocenters. The molecule has 0 aliphatic carbocycles. The van der Waals surface area contributed by atoms with E-state index in [0.717, 1.165) is 0 Å². The second kappa shape index (κ2) is 17.3. The highest BCUT2D eigenvalue weighted by Crippen LogP contribution is 2.56.